The Hall–Kier alpha value is -2.62. The van der Waals surface area contributed by atoms with Gasteiger partial charge >= 0.3 is 0 Å². The van der Waals surface area contributed by atoms with Crippen molar-refractivity contribution in [3.63, 3.8) is 0 Å². The highest BCUT2D eigenvalue weighted by molar-refractivity contribution is 7.89. The fourth-order valence-corrected chi connectivity index (χ4v) is 5.82. The number of aryl methyl sites for hydroxylation is 1. The van der Waals surface area contributed by atoms with Crippen LogP contribution in [-0.4, -0.2) is 41.2 Å². The molecular formula is C21H22N4O3S2. The van der Waals surface area contributed by atoms with E-state index >= 15 is 0 Å². The maximum atomic E-state index is 13.2. The van der Waals surface area contributed by atoms with Gasteiger partial charge in [0.15, 0.2) is 5.13 Å². The first kappa shape index (κ1) is 20.6. The number of carbonyl (C=O) groups excluding carboxylic acids is 1. The van der Waals surface area contributed by atoms with Gasteiger partial charge < -0.3 is 5.32 Å². The minimum Gasteiger partial charge on any atom is -0.301 e. The van der Waals surface area contributed by atoms with E-state index in [0.717, 1.165) is 24.1 Å². The normalized spacial score (nSPS) is 17.6. The number of benzene rings is 1. The van der Waals surface area contributed by atoms with E-state index in [1.165, 1.54) is 15.6 Å². The zero-order valence-electron chi connectivity index (χ0n) is 16.5. The fourth-order valence-electron chi connectivity index (χ4n) is 3.45. The third kappa shape index (κ3) is 4.28. The molecule has 3 heterocycles. The van der Waals surface area contributed by atoms with Crippen LogP contribution in [0.4, 0.5) is 5.13 Å². The Kier molecular flexibility index (Phi) is 5.94. The molecule has 1 fully saturated rings. The van der Waals surface area contributed by atoms with Crippen LogP contribution < -0.4 is 5.32 Å². The van der Waals surface area contributed by atoms with E-state index in [1.807, 2.05) is 30.5 Å². The second-order valence-electron chi connectivity index (χ2n) is 7.18. The number of sulfonamides is 1. The van der Waals surface area contributed by atoms with Gasteiger partial charge in [0.1, 0.15) is 11.7 Å². The Balaban J connectivity index is 1.53. The lowest BCUT2D eigenvalue weighted by Gasteiger charge is -2.33. The van der Waals surface area contributed by atoms with Gasteiger partial charge in [-0.15, -0.1) is 11.3 Å². The van der Waals surface area contributed by atoms with Crippen molar-refractivity contribution >= 4 is 32.4 Å². The van der Waals surface area contributed by atoms with Crippen molar-refractivity contribution in [2.45, 2.75) is 37.1 Å². The van der Waals surface area contributed by atoms with Crippen molar-refractivity contribution in [2.24, 2.45) is 0 Å². The van der Waals surface area contributed by atoms with E-state index in [0.29, 0.717) is 23.8 Å². The zero-order valence-corrected chi connectivity index (χ0v) is 18.1. The van der Waals surface area contributed by atoms with Crippen molar-refractivity contribution in [3.8, 4) is 11.4 Å². The Labute approximate surface area is 179 Å². The molecular weight excluding hydrogens is 420 g/mol. The first-order valence-electron chi connectivity index (χ1n) is 9.71. The predicted molar refractivity (Wildman–Crippen MR) is 117 cm³/mol. The quantitative estimate of drug-likeness (QED) is 0.650. The van der Waals surface area contributed by atoms with Gasteiger partial charge in [-0.05, 0) is 44.0 Å². The number of piperidine rings is 1. The molecule has 0 aliphatic carbocycles. The van der Waals surface area contributed by atoms with Crippen LogP contribution in [0.15, 0.2) is 58.9 Å². The lowest BCUT2D eigenvalue weighted by Crippen LogP contribution is -2.49. The highest BCUT2D eigenvalue weighted by Gasteiger charge is 2.37. The summed E-state index contributed by atoms with van der Waals surface area (Å²) in [6.07, 6.45) is 3.70. The summed E-state index contributed by atoms with van der Waals surface area (Å²) >= 11 is 1.29. The van der Waals surface area contributed by atoms with E-state index in [-0.39, 0.29) is 10.8 Å². The van der Waals surface area contributed by atoms with Gasteiger partial charge in [0, 0.05) is 18.1 Å². The molecule has 0 saturated carbocycles. The summed E-state index contributed by atoms with van der Waals surface area (Å²) in [5.41, 5.74) is 2.37. The van der Waals surface area contributed by atoms with Gasteiger partial charge in [-0.2, -0.15) is 4.31 Å². The smallest absolute Gasteiger partial charge is 0.244 e. The maximum absolute atomic E-state index is 13.2. The van der Waals surface area contributed by atoms with Crippen molar-refractivity contribution in [1.82, 2.24) is 14.3 Å². The summed E-state index contributed by atoms with van der Waals surface area (Å²) in [7, 11) is -3.76. The number of rotatable bonds is 5. The predicted octanol–water partition coefficient (Wildman–Crippen LogP) is 3.70. The van der Waals surface area contributed by atoms with Crippen LogP contribution in [0.5, 0.6) is 0 Å². The molecule has 156 valence electrons. The molecule has 9 heteroatoms. The molecule has 30 heavy (non-hydrogen) atoms. The first-order valence-corrected chi connectivity index (χ1v) is 12.0. The van der Waals surface area contributed by atoms with Crippen molar-refractivity contribution < 1.29 is 13.2 Å². The van der Waals surface area contributed by atoms with E-state index < -0.39 is 16.1 Å². The number of carbonyl (C=O) groups is 1. The van der Waals surface area contributed by atoms with Crippen LogP contribution in [0, 0.1) is 6.92 Å². The van der Waals surface area contributed by atoms with E-state index in [9.17, 15) is 13.2 Å². The summed E-state index contributed by atoms with van der Waals surface area (Å²) in [5.74, 6) is -0.354. The van der Waals surface area contributed by atoms with E-state index in [1.54, 1.807) is 30.5 Å². The lowest BCUT2D eigenvalue weighted by atomic mass is 10.0. The van der Waals surface area contributed by atoms with Crippen LogP contribution in [0.2, 0.25) is 0 Å². The number of nitrogens with zero attached hydrogens (tertiary/aromatic N) is 3. The molecule has 2 aromatic heterocycles. The Morgan fingerprint density at radius 1 is 1.13 bits per heavy atom. The number of amides is 1. The molecule has 7 nitrogen and oxygen atoms in total. The number of hydrogen-bond donors (Lipinski definition) is 1. The fraction of sp³-hybridized carbons (Fsp3) is 0.286. The molecule has 1 saturated heterocycles. The average Bonchev–Trinajstić information content (AvgIpc) is 3.23. The third-order valence-corrected chi connectivity index (χ3v) is 7.73. The SMILES string of the molecule is Cc1ccc(S(=O)(=O)N2CCCC[C@@H]2C(=O)Nc2nc(-c3ccccn3)cs2)cc1. The van der Waals surface area contributed by atoms with Crippen LogP contribution in [0.1, 0.15) is 24.8 Å². The summed E-state index contributed by atoms with van der Waals surface area (Å²) in [6.45, 7) is 2.23. The first-order chi connectivity index (χ1) is 14.4. The third-order valence-electron chi connectivity index (χ3n) is 5.05. The number of hydrogen-bond acceptors (Lipinski definition) is 6. The molecule has 1 N–H and O–H groups in total. The van der Waals surface area contributed by atoms with Gasteiger partial charge in [-0.25, -0.2) is 13.4 Å². The lowest BCUT2D eigenvalue weighted by molar-refractivity contribution is -0.120. The van der Waals surface area contributed by atoms with Gasteiger partial charge in [0.25, 0.3) is 0 Å². The van der Waals surface area contributed by atoms with Crippen LogP contribution in [-0.2, 0) is 14.8 Å². The Bertz CT molecular complexity index is 1130. The highest BCUT2D eigenvalue weighted by atomic mass is 32.2. The maximum Gasteiger partial charge on any atom is 0.244 e. The molecule has 1 atom stereocenters. The molecule has 0 radical (unpaired) electrons. The Morgan fingerprint density at radius 2 is 1.93 bits per heavy atom. The summed E-state index contributed by atoms with van der Waals surface area (Å²) < 4.78 is 27.7. The van der Waals surface area contributed by atoms with E-state index in [2.05, 4.69) is 15.3 Å². The molecule has 1 amide bonds. The topological polar surface area (TPSA) is 92.3 Å². The van der Waals surface area contributed by atoms with Gasteiger partial charge in [0.2, 0.25) is 15.9 Å². The molecule has 1 aromatic carbocycles. The largest absolute Gasteiger partial charge is 0.301 e. The molecule has 1 aliphatic heterocycles. The number of nitrogens with one attached hydrogen (secondary N) is 1. The van der Waals surface area contributed by atoms with Crippen molar-refractivity contribution in [3.05, 3.63) is 59.6 Å². The number of thiazole rings is 1. The average molecular weight is 443 g/mol. The van der Waals surface area contributed by atoms with Crippen molar-refractivity contribution in [1.29, 1.82) is 0 Å². The monoisotopic (exact) mass is 442 g/mol. The van der Waals surface area contributed by atoms with Gasteiger partial charge in [-0.3, -0.25) is 9.78 Å². The minimum atomic E-state index is -3.76. The van der Waals surface area contributed by atoms with Crippen molar-refractivity contribution in [2.75, 3.05) is 11.9 Å². The molecule has 0 bridgehead atoms. The Morgan fingerprint density at radius 3 is 2.67 bits per heavy atom. The van der Waals surface area contributed by atoms with Crippen LogP contribution in [0.3, 0.4) is 0 Å². The number of aromatic nitrogens is 2. The second-order valence-corrected chi connectivity index (χ2v) is 9.93. The summed E-state index contributed by atoms with van der Waals surface area (Å²) in [4.78, 5) is 21.9. The molecule has 1 aliphatic rings. The van der Waals surface area contributed by atoms with Crippen LogP contribution in [0.25, 0.3) is 11.4 Å². The molecule has 3 aromatic rings. The molecule has 0 unspecified atom stereocenters. The van der Waals surface area contributed by atoms with Gasteiger partial charge in [-0.1, -0.05) is 30.2 Å². The number of pyridine rings is 1. The second kappa shape index (κ2) is 8.63. The molecule has 4 rings (SSSR count). The summed E-state index contributed by atoms with van der Waals surface area (Å²) in [5, 5.41) is 5.05. The van der Waals surface area contributed by atoms with Crippen LogP contribution >= 0.6 is 11.3 Å². The number of anilines is 1. The molecule has 0 spiro atoms. The van der Waals surface area contributed by atoms with E-state index in [4.69, 9.17) is 0 Å². The zero-order chi connectivity index (χ0) is 21.1. The standard InChI is InChI=1S/C21H22N4O3S2/c1-15-8-10-16(11-9-15)30(27,28)25-13-5-3-7-19(25)20(26)24-21-23-18(14-29-21)17-6-2-4-12-22-17/h2,4,6,8-12,14,19H,3,5,7,13H2,1H3,(H,23,24,26)/t19-/m1/s1. The van der Waals surface area contributed by atoms with Gasteiger partial charge in [0.05, 0.1) is 10.6 Å². The minimum absolute atomic E-state index is 0.208. The highest BCUT2D eigenvalue weighted by Crippen LogP contribution is 2.28. The summed E-state index contributed by atoms with van der Waals surface area (Å²) in [6, 6.07) is 11.5.